The van der Waals surface area contributed by atoms with Crippen molar-refractivity contribution < 1.29 is 14.7 Å². The highest BCUT2D eigenvalue weighted by Gasteiger charge is 2.54. The number of oxime groups is 1. The molecule has 0 bridgehead atoms. The Bertz CT molecular complexity index is 322. The van der Waals surface area contributed by atoms with Crippen LogP contribution in [0.1, 0.15) is 33.6 Å². The Balaban J connectivity index is 2.04. The predicted octanol–water partition coefficient (Wildman–Crippen LogP) is 1.84. The van der Waals surface area contributed by atoms with Crippen LogP contribution in [0.15, 0.2) is 5.16 Å². The van der Waals surface area contributed by atoms with Crippen LogP contribution >= 0.6 is 0 Å². The molecule has 1 saturated heterocycles. The summed E-state index contributed by atoms with van der Waals surface area (Å²) in [5.74, 6) is 0.565. The Kier molecular flexibility index (Phi) is 2.56. The molecule has 5 nitrogen and oxygen atoms in total. The predicted molar refractivity (Wildman–Crippen MR) is 58.7 cm³/mol. The number of nitrogens with zero attached hydrogens (tertiary/aromatic N) is 2. The summed E-state index contributed by atoms with van der Waals surface area (Å²) in [4.78, 5) is 13.6. The molecule has 1 aliphatic carbocycles. The summed E-state index contributed by atoms with van der Waals surface area (Å²) < 4.78 is 5.34. The number of likely N-dealkylation sites (tertiary alicyclic amines) is 1. The van der Waals surface area contributed by atoms with Crippen LogP contribution in [0, 0.1) is 5.92 Å². The summed E-state index contributed by atoms with van der Waals surface area (Å²) >= 11 is 0. The van der Waals surface area contributed by atoms with E-state index in [0.717, 1.165) is 12.8 Å². The van der Waals surface area contributed by atoms with Gasteiger partial charge in [-0.2, -0.15) is 0 Å². The monoisotopic (exact) mass is 226 g/mol. The van der Waals surface area contributed by atoms with E-state index in [1.54, 1.807) is 4.90 Å². The van der Waals surface area contributed by atoms with Gasteiger partial charge in [0.1, 0.15) is 5.60 Å². The van der Waals surface area contributed by atoms with Gasteiger partial charge in [-0.1, -0.05) is 5.16 Å². The molecule has 1 amide bonds. The second-order valence-electron chi connectivity index (χ2n) is 5.52. The highest BCUT2D eigenvalue weighted by molar-refractivity contribution is 5.77. The van der Waals surface area contributed by atoms with Gasteiger partial charge in [-0.15, -0.1) is 0 Å². The zero-order valence-corrected chi connectivity index (χ0v) is 9.88. The molecular weight excluding hydrogens is 208 g/mol. The number of hydrogen-bond donors (Lipinski definition) is 1. The lowest BCUT2D eigenvalue weighted by molar-refractivity contribution is 0.0232. The number of carbonyl (C=O) groups excluding carboxylic acids is 1. The first-order chi connectivity index (χ1) is 7.42. The zero-order chi connectivity index (χ0) is 11.9. The molecule has 0 aromatic carbocycles. The third-order valence-electron chi connectivity index (χ3n) is 2.99. The normalized spacial score (nSPS) is 32.9. The van der Waals surface area contributed by atoms with Gasteiger partial charge in [0.2, 0.25) is 0 Å². The second kappa shape index (κ2) is 3.64. The highest BCUT2D eigenvalue weighted by Crippen LogP contribution is 2.47. The van der Waals surface area contributed by atoms with Gasteiger partial charge in [0.05, 0.1) is 12.3 Å². The van der Waals surface area contributed by atoms with E-state index < -0.39 is 5.60 Å². The van der Waals surface area contributed by atoms with E-state index in [-0.39, 0.29) is 18.2 Å². The third kappa shape index (κ3) is 2.13. The Morgan fingerprint density at radius 2 is 2.19 bits per heavy atom. The molecule has 16 heavy (non-hydrogen) atoms. The molecule has 2 aliphatic rings. The maximum atomic E-state index is 11.9. The fourth-order valence-electron chi connectivity index (χ4n) is 2.29. The van der Waals surface area contributed by atoms with E-state index in [0.29, 0.717) is 5.92 Å². The minimum Gasteiger partial charge on any atom is -0.444 e. The second-order valence-corrected chi connectivity index (χ2v) is 5.52. The number of hydrogen-bond acceptors (Lipinski definition) is 4. The van der Waals surface area contributed by atoms with E-state index in [4.69, 9.17) is 9.94 Å². The largest absolute Gasteiger partial charge is 0.444 e. The van der Waals surface area contributed by atoms with Gasteiger partial charge in [-0.25, -0.2) is 4.79 Å². The molecule has 3 atom stereocenters. The Labute approximate surface area is 95.1 Å². The van der Waals surface area contributed by atoms with Crippen molar-refractivity contribution >= 4 is 12.3 Å². The van der Waals surface area contributed by atoms with Crippen LogP contribution in [0.3, 0.4) is 0 Å². The lowest BCUT2D eigenvalue weighted by Gasteiger charge is -2.28. The molecule has 3 unspecified atom stereocenters. The van der Waals surface area contributed by atoms with Crippen LogP contribution in [-0.2, 0) is 4.74 Å². The SMILES string of the molecule is CC(C)(C)OC(=O)N1C(/C=N/O)CC2CC21. The number of rotatable bonds is 1. The number of fused-ring (bicyclic) bond motifs is 1. The number of piperidine rings is 1. The molecule has 1 N–H and O–H groups in total. The van der Waals surface area contributed by atoms with Crippen molar-refractivity contribution in [1.29, 1.82) is 0 Å². The molecule has 1 saturated carbocycles. The van der Waals surface area contributed by atoms with Gasteiger partial charge >= 0.3 is 6.09 Å². The molecule has 2 fully saturated rings. The van der Waals surface area contributed by atoms with Crippen molar-refractivity contribution in [3.8, 4) is 0 Å². The summed E-state index contributed by atoms with van der Waals surface area (Å²) in [5.41, 5.74) is -0.481. The minimum absolute atomic E-state index is 0.108. The van der Waals surface area contributed by atoms with E-state index in [1.165, 1.54) is 6.21 Å². The van der Waals surface area contributed by atoms with E-state index in [9.17, 15) is 4.79 Å². The first kappa shape index (κ1) is 11.2. The standard InChI is InChI=1S/C11H18N2O3/c1-11(2,3)16-10(14)13-8(6-12-15)4-7-5-9(7)13/h6-9,15H,4-5H2,1-3H3/b12-6+. The summed E-state index contributed by atoms with van der Waals surface area (Å²) in [5, 5.41) is 11.6. The smallest absolute Gasteiger partial charge is 0.411 e. The average Bonchev–Trinajstić information content (AvgIpc) is 2.75. The Morgan fingerprint density at radius 1 is 1.50 bits per heavy atom. The van der Waals surface area contributed by atoms with E-state index in [1.807, 2.05) is 20.8 Å². The summed E-state index contributed by atoms with van der Waals surface area (Å²) in [7, 11) is 0. The van der Waals surface area contributed by atoms with Crippen molar-refractivity contribution in [2.75, 3.05) is 0 Å². The first-order valence-electron chi connectivity index (χ1n) is 5.61. The van der Waals surface area contributed by atoms with Crippen LogP contribution in [0.5, 0.6) is 0 Å². The molecule has 1 heterocycles. The molecule has 0 radical (unpaired) electrons. The lowest BCUT2D eigenvalue weighted by atomic mass is 10.2. The van der Waals surface area contributed by atoms with Gasteiger partial charge in [-0.05, 0) is 39.5 Å². The van der Waals surface area contributed by atoms with Gasteiger partial charge in [0, 0.05) is 6.04 Å². The van der Waals surface area contributed by atoms with E-state index >= 15 is 0 Å². The average molecular weight is 226 g/mol. The van der Waals surface area contributed by atoms with Gasteiger partial charge in [0.25, 0.3) is 0 Å². The summed E-state index contributed by atoms with van der Waals surface area (Å²) in [6, 6.07) is 0.182. The van der Waals surface area contributed by atoms with Gasteiger partial charge in [-0.3, -0.25) is 4.90 Å². The molecule has 1 aliphatic heterocycles. The van der Waals surface area contributed by atoms with E-state index in [2.05, 4.69) is 5.16 Å². The topological polar surface area (TPSA) is 62.1 Å². The lowest BCUT2D eigenvalue weighted by Crippen LogP contribution is -2.42. The maximum absolute atomic E-state index is 11.9. The number of amides is 1. The Hall–Kier alpha value is -1.26. The molecule has 90 valence electrons. The Morgan fingerprint density at radius 3 is 2.75 bits per heavy atom. The molecular formula is C11H18N2O3. The first-order valence-corrected chi connectivity index (χ1v) is 5.61. The van der Waals surface area contributed by atoms with Crippen LogP contribution in [0.4, 0.5) is 4.79 Å². The fourth-order valence-corrected chi connectivity index (χ4v) is 2.29. The third-order valence-corrected chi connectivity index (χ3v) is 2.99. The van der Waals surface area contributed by atoms with Crippen LogP contribution in [0.2, 0.25) is 0 Å². The van der Waals surface area contributed by atoms with Crippen molar-refractivity contribution in [2.24, 2.45) is 11.1 Å². The van der Waals surface area contributed by atoms with Crippen LogP contribution in [-0.4, -0.2) is 40.1 Å². The summed E-state index contributed by atoms with van der Waals surface area (Å²) in [6.07, 6.45) is 3.04. The molecule has 0 aromatic heterocycles. The number of carbonyl (C=O) groups is 1. The van der Waals surface area contributed by atoms with Gasteiger partial charge < -0.3 is 9.94 Å². The fraction of sp³-hybridized carbons (Fsp3) is 0.818. The quantitative estimate of drug-likeness (QED) is 0.421. The highest BCUT2D eigenvalue weighted by atomic mass is 16.6. The van der Waals surface area contributed by atoms with Crippen molar-refractivity contribution in [3.63, 3.8) is 0 Å². The van der Waals surface area contributed by atoms with Crippen molar-refractivity contribution in [1.82, 2.24) is 4.90 Å². The van der Waals surface area contributed by atoms with Crippen molar-refractivity contribution in [2.45, 2.75) is 51.3 Å². The van der Waals surface area contributed by atoms with Crippen LogP contribution < -0.4 is 0 Å². The molecule has 0 spiro atoms. The molecule has 5 heteroatoms. The maximum Gasteiger partial charge on any atom is 0.411 e. The van der Waals surface area contributed by atoms with Crippen molar-refractivity contribution in [3.05, 3.63) is 0 Å². The molecule has 2 rings (SSSR count). The minimum atomic E-state index is -0.481. The number of ether oxygens (including phenoxy) is 1. The summed E-state index contributed by atoms with van der Waals surface area (Å²) in [6.45, 7) is 5.54. The van der Waals surface area contributed by atoms with Crippen LogP contribution in [0.25, 0.3) is 0 Å². The van der Waals surface area contributed by atoms with Gasteiger partial charge in [0.15, 0.2) is 0 Å². The molecule has 0 aromatic rings. The zero-order valence-electron chi connectivity index (χ0n) is 9.88.